The minimum atomic E-state index is -0.223. The molecule has 0 radical (unpaired) electrons. The average Bonchev–Trinajstić information content (AvgIpc) is 2.77. The number of imidazole rings is 1. The maximum atomic E-state index is 12.5. The molecule has 3 rings (SSSR count). The third-order valence-electron chi connectivity index (χ3n) is 3.51. The molecule has 0 amide bonds. The Labute approximate surface area is 136 Å². The van der Waals surface area contributed by atoms with Crippen LogP contribution in [0.3, 0.4) is 0 Å². The molecule has 0 atom stereocenters. The molecule has 4 nitrogen and oxygen atoms in total. The third kappa shape index (κ3) is 2.56. The van der Waals surface area contributed by atoms with Crippen LogP contribution >= 0.6 is 23.2 Å². The van der Waals surface area contributed by atoms with Crippen LogP contribution in [0.15, 0.2) is 47.3 Å². The summed E-state index contributed by atoms with van der Waals surface area (Å²) in [6.07, 6.45) is 0.720. The number of halogens is 2. The normalized spacial score (nSPS) is 11.0. The number of carbonyl (C=O) groups excluding carboxylic acids is 1. The Bertz CT molecular complexity index is 912. The van der Waals surface area contributed by atoms with Crippen LogP contribution in [0.4, 0.5) is 0 Å². The van der Waals surface area contributed by atoms with Gasteiger partial charge in [0.2, 0.25) is 0 Å². The summed E-state index contributed by atoms with van der Waals surface area (Å²) in [4.78, 5) is 23.4. The van der Waals surface area contributed by atoms with E-state index in [2.05, 4.69) is 0 Å². The third-order valence-corrected chi connectivity index (χ3v) is 4.25. The highest BCUT2D eigenvalue weighted by atomic mass is 35.5. The zero-order valence-electron chi connectivity index (χ0n) is 11.5. The summed E-state index contributed by atoms with van der Waals surface area (Å²) in [6, 6.07) is 12.6. The minimum Gasteiger partial charge on any atom is -0.301 e. The number of hydrogen-bond acceptors (Lipinski definition) is 2. The van der Waals surface area contributed by atoms with Gasteiger partial charge < -0.3 is 4.79 Å². The summed E-state index contributed by atoms with van der Waals surface area (Å²) in [5.41, 5.74) is 2.16. The van der Waals surface area contributed by atoms with Crippen molar-refractivity contribution in [3.8, 4) is 0 Å². The molecule has 0 aliphatic rings. The summed E-state index contributed by atoms with van der Waals surface area (Å²) in [7, 11) is 0. The molecule has 3 aromatic rings. The van der Waals surface area contributed by atoms with E-state index in [-0.39, 0.29) is 12.2 Å². The molecule has 0 aliphatic carbocycles. The molecule has 0 N–H and O–H groups in total. The molecule has 0 spiro atoms. The molecule has 1 aromatic heterocycles. The molecular formula is C16H12Cl2N2O2. The highest BCUT2D eigenvalue weighted by Gasteiger charge is 2.13. The van der Waals surface area contributed by atoms with E-state index < -0.39 is 0 Å². The number of benzene rings is 2. The Balaban J connectivity index is 2.14. The Hall–Kier alpha value is -2.04. The van der Waals surface area contributed by atoms with Crippen LogP contribution in [-0.4, -0.2) is 15.4 Å². The molecule has 0 unspecified atom stereocenters. The lowest BCUT2D eigenvalue weighted by molar-refractivity contribution is -0.108. The first-order chi connectivity index (χ1) is 10.6. The fourth-order valence-corrected chi connectivity index (χ4v) is 2.82. The zero-order chi connectivity index (χ0) is 15.7. The summed E-state index contributed by atoms with van der Waals surface area (Å²) in [6.45, 7) is 0.399. The number of rotatable bonds is 4. The molecule has 1 heterocycles. The van der Waals surface area contributed by atoms with Crippen LogP contribution in [0.1, 0.15) is 5.56 Å². The predicted octanol–water partition coefficient (Wildman–Crippen LogP) is 3.36. The van der Waals surface area contributed by atoms with Crippen molar-refractivity contribution in [1.29, 1.82) is 0 Å². The van der Waals surface area contributed by atoms with E-state index in [1.807, 2.05) is 30.3 Å². The van der Waals surface area contributed by atoms with Gasteiger partial charge in [0.25, 0.3) is 0 Å². The van der Waals surface area contributed by atoms with Gasteiger partial charge in [-0.25, -0.2) is 4.79 Å². The van der Waals surface area contributed by atoms with Crippen LogP contribution in [0.25, 0.3) is 11.0 Å². The van der Waals surface area contributed by atoms with E-state index in [0.717, 1.165) is 22.9 Å². The van der Waals surface area contributed by atoms with Gasteiger partial charge in [0, 0.05) is 0 Å². The zero-order valence-corrected chi connectivity index (χ0v) is 13.0. The van der Waals surface area contributed by atoms with Crippen molar-refractivity contribution >= 4 is 40.5 Å². The number of hydrogen-bond donors (Lipinski definition) is 0. The quantitative estimate of drug-likeness (QED) is 0.686. The second kappa shape index (κ2) is 5.99. The van der Waals surface area contributed by atoms with Crippen molar-refractivity contribution in [3.05, 3.63) is 68.6 Å². The standard InChI is InChI=1S/C16H12Cl2N2O2/c17-12-6-5-11(9-13(12)18)10-20-15-4-2-1-3-14(15)19(7-8-21)16(20)22/h1-6,8-9H,7,10H2. The van der Waals surface area contributed by atoms with Crippen LogP contribution in [0.2, 0.25) is 10.0 Å². The van der Waals surface area contributed by atoms with Gasteiger partial charge in [-0.3, -0.25) is 9.13 Å². The highest BCUT2D eigenvalue weighted by Crippen LogP contribution is 2.23. The van der Waals surface area contributed by atoms with Gasteiger partial charge in [-0.1, -0.05) is 41.4 Å². The van der Waals surface area contributed by atoms with Crippen molar-refractivity contribution < 1.29 is 4.79 Å². The van der Waals surface area contributed by atoms with E-state index in [4.69, 9.17) is 23.2 Å². The lowest BCUT2D eigenvalue weighted by Gasteiger charge is -2.05. The molecule has 0 saturated heterocycles. The molecule has 2 aromatic carbocycles. The largest absolute Gasteiger partial charge is 0.329 e. The van der Waals surface area contributed by atoms with E-state index >= 15 is 0 Å². The van der Waals surface area contributed by atoms with Gasteiger partial charge in [0.1, 0.15) is 6.29 Å². The number of para-hydroxylation sites is 2. The number of aldehydes is 1. The van der Waals surface area contributed by atoms with Gasteiger partial charge in [-0.15, -0.1) is 0 Å². The fraction of sp³-hybridized carbons (Fsp3) is 0.125. The smallest absolute Gasteiger partial charge is 0.301 e. The van der Waals surface area contributed by atoms with Crippen molar-refractivity contribution in [2.45, 2.75) is 13.1 Å². The maximum Gasteiger partial charge on any atom is 0.329 e. The summed E-state index contributed by atoms with van der Waals surface area (Å²) < 4.78 is 3.08. The van der Waals surface area contributed by atoms with Crippen LogP contribution in [-0.2, 0) is 17.9 Å². The molecule has 112 valence electrons. The van der Waals surface area contributed by atoms with Gasteiger partial charge in [0.15, 0.2) is 0 Å². The van der Waals surface area contributed by atoms with Crippen LogP contribution in [0.5, 0.6) is 0 Å². The summed E-state index contributed by atoms with van der Waals surface area (Å²) in [5, 5.41) is 0.921. The maximum absolute atomic E-state index is 12.5. The lowest BCUT2D eigenvalue weighted by atomic mass is 10.2. The Kier molecular flexibility index (Phi) is 4.05. The van der Waals surface area contributed by atoms with E-state index in [1.165, 1.54) is 4.57 Å². The van der Waals surface area contributed by atoms with Gasteiger partial charge in [-0.05, 0) is 29.8 Å². The molecule has 6 heteroatoms. The second-order valence-corrected chi connectivity index (χ2v) is 5.70. The number of carbonyl (C=O) groups is 1. The Morgan fingerprint density at radius 2 is 1.64 bits per heavy atom. The summed E-state index contributed by atoms with van der Waals surface area (Å²) in [5.74, 6) is 0. The van der Waals surface area contributed by atoms with Gasteiger partial charge in [-0.2, -0.15) is 0 Å². The Morgan fingerprint density at radius 1 is 0.955 bits per heavy atom. The molecule has 0 saturated carbocycles. The Morgan fingerprint density at radius 3 is 2.27 bits per heavy atom. The summed E-state index contributed by atoms with van der Waals surface area (Å²) >= 11 is 11.9. The molecular weight excluding hydrogens is 323 g/mol. The van der Waals surface area contributed by atoms with Gasteiger partial charge >= 0.3 is 5.69 Å². The van der Waals surface area contributed by atoms with Crippen molar-refractivity contribution in [2.24, 2.45) is 0 Å². The second-order valence-electron chi connectivity index (χ2n) is 4.88. The number of nitrogens with zero attached hydrogens (tertiary/aromatic N) is 2. The molecule has 0 aliphatic heterocycles. The fourth-order valence-electron chi connectivity index (χ4n) is 2.50. The van der Waals surface area contributed by atoms with Crippen molar-refractivity contribution in [1.82, 2.24) is 9.13 Å². The lowest BCUT2D eigenvalue weighted by Crippen LogP contribution is -2.25. The first-order valence-electron chi connectivity index (χ1n) is 6.67. The monoisotopic (exact) mass is 334 g/mol. The first kappa shape index (κ1) is 14.9. The number of aromatic nitrogens is 2. The first-order valence-corrected chi connectivity index (χ1v) is 7.43. The van der Waals surface area contributed by atoms with Crippen LogP contribution < -0.4 is 5.69 Å². The molecule has 0 bridgehead atoms. The van der Waals surface area contributed by atoms with E-state index in [9.17, 15) is 9.59 Å². The molecule has 22 heavy (non-hydrogen) atoms. The van der Waals surface area contributed by atoms with E-state index in [0.29, 0.717) is 16.6 Å². The average molecular weight is 335 g/mol. The van der Waals surface area contributed by atoms with Crippen LogP contribution in [0, 0.1) is 0 Å². The van der Waals surface area contributed by atoms with Gasteiger partial charge in [0.05, 0.1) is 34.2 Å². The SMILES string of the molecule is O=CCn1c(=O)n(Cc2ccc(Cl)c(Cl)c2)c2ccccc21. The minimum absolute atomic E-state index is 0.0354. The van der Waals surface area contributed by atoms with E-state index in [1.54, 1.807) is 16.7 Å². The topological polar surface area (TPSA) is 44.0 Å². The predicted molar refractivity (Wildman–Crippen MR) is 87.8 cm³/mol. The highest BCUT2D eigenvalue weighted by molar-refractivity contribution is 6.42. The molecule has 0 fully saturated rings. The van der Waals surface area contributed by atoms with Crippen molar-refractivity contribution in [3.63, 3.8) is 0 Å². The number of fused-ring (bicyclic) bond motifs is 1. The van der Waals surface area contributed by atoms with Crippen molar-refractivity contribution in [2.75, 3.05) is 0 Å².